The van der Waals surface area contributed by atoms with Gasteiger partial charge in [0.2, 0.25) is 5.43 Å². The van der Waals surface area contributed by atoms with Gasteiger partial charge in [0.25, 0.3) is 0 Å². The van der Waals surface area contributed by atoms with Gasteiger partial charge in [-0.2, -0.15) is 0 Å². The second kappa shape index (κ2) is 5.01. The summed E-state index contributed by atoms with van der Waals surface area (Å²) >= 11 is 3.22. The molecule has 5 heteroatoms. The quantitative estimate of drug-likeness (QED) is 0.899. The van der Waals surface area contributed by atoms with Crippen LogP contribution in [0, 0.1) is 5.92 Å². The number of hydrogen-bond acceptors (Lipinski definition) is 3. The summed E-state index contributed by atoms with van der Waals surface area (Å²) in [6.45, 7) is 2.56. The van der Waals surface area contributed by atoms with Crippen molar-refractivity contribution < 1.29 is 4.74 Å². The molecule has 0 aromatic carbocycles. The molecule has 0 aliphatic carbocycles. The standard InChI is InChI=1S/C11H15BrN2O2/c12-9-6-14(7-10(13)11(9)15)5-8-1-3-16-4-2-8/h6-8H,1-5,13H2. The van der Waals surface area contributed by atoms with Crippen molar-refractivity contribution in [3.8, 4) is 0 Å². The molecule has 0 atom stereocenters. The van der Waals surface area contributed by atoms with E-state index in [9.17, 15) is 4.79 Å². The number of halogens is 1. The summed E-state index contributed by atoms with van der Waals surface area (Å²) in [5.41, 5.74) is 5.80. The minimum absolute atomic E-state index is 0.136. The summed E-state index contributed by atoms with van der Waals surface area (Å²) in [4.78, 5) is 11.4. The molecule has 0 amide bonds. The number of aromatic nitrogens is 1. The zero-order valence-corrected chi connectivity index (χ0v) is 10.6. The Balaban J connectivity index is 2.12. The van der Waals surface area contributed by atoms with Gasteiger partial charge < -0.3 is 15.0 Å². The SMILES string of the molecule is Nc1cn(CC2CCOCC2)cc(Br)c1=O. The average molecular weight is 287 g/mol. The first-order chi connectivity index (χ1) is 7.66. The van der Waals surface area contributed by atoms with Crippen molar-refractivity contribution in [2.24, 2.45) is 5.92 Å². The molecule has 0 spiro atoms. The van der Waals surface area contributed by atoms with Crippen molar-refractivity contribution in [2.45, 2.75) is 19.4 Å². The first-order valence-corrected chi connectivity index (χ1v) is 6.19. The van der Waals surface area contributed by atoms with Crippen LogP contribution in [0.5, 0.6) is 0 Å². The van der Waals surface area contributed by atoms with Crippen LogP contribution in [0.15, 0.2) is 21.7 Å². The van der Waals surface area contributed by atoms with Crippen molar-refractivity contribution in [3.05, 3.63) is 27.1 Å². The van der Waals surface area contributed by atoms with Crippen LogP contribution >= 0.6 is 15.9 Å². The second-order valence-corrected chi connectivity index (χ2v) is 5.00. The van der Waals surface area contributed by atoms with Crippen molar-refractivity contribution in [1.29, 1.82) is 0 Å². The van der Waals surface area contributed by atoms with Crippen LogP contribution in [0.2, 0.25) is 0 Å². The number of ether oxygens (including phenoxy) is 1. The topological polar surface area (TPSA) is 57.2 Å². The molecule has 1 aliphatic rings. The first-order valence-electron chi connectivity index (χ1n) is 5.39. The van der Waals surface area contributed by atoms with E-state index in [-0.39, 0.29) is 5.43 Å². The molecule has 2 N–H and O–H groups in total. The highest BCUT2D eigenvalue weighted by molar-refractivity contribution is 9.10. The van der Waals surface area contributed by atoms with E-state index < -0.39 is 0 Å². The van der Waals surface area contributed by atoms with Crippen LogP contribution in [0.4, 0.5) is 5.69 Å². The molecule has 16 heavy (non-hydrogen) atoms. The van der Waals surface area contributed by atoms with Gasteiger partial charge in [-0.05, 0) is 34.7 Å². The van der Waals surface area contributed by atoms with E-state index in [0.717, 1.165) is 32.6 Å². The first kappa shape index (κ1) is 11.7. The maximum absolute atomic E-state index is 11.4. The molecule has 4 nitrogen and oxygen atoms in total. The van der Waals surface area contributed by atoms with Gasteiger partial charge in [0.15, 0.2) is 0 Å². The lowest BCUT2D eigenvalue weighted by molar-refractivity contribution is 0.0612. The second-order valence-electron chi connectivity index (χ2n) is 4.14. The van der Waals surface area contributed by atoms with E-state index in [1.807, 2.05) is 4.57 Å². The summed E-state index contributed by atoms with van der Waals surface area (Å²) in [6, 6.07) is 0. The molecule has 0 bridgehead atoms. The van der Waals surface area contributed by atoms with Crippen molar-refractivity contribution in [1.82, 2.24) is 4.57 Å². The third-order valence-electron chi connectivity index (χ3n) is 2.87. The number of nitrogens with zero attached hydrogens (tertiary/aromatic N) is 1. The van der Waals surface area contributed by atoms with E-state index >= 15 is 0 Å². The van der Waals surface area contributed by atoms with E-state index in [4.69, 9.17) is 10.5 Å². The fourth-order valence-corrected chi connectivity index (χ4v) is 2.44. The van der Waals surface area contributed by atoms with Crippen LogP contribution < -0.4 is 11.2 Å². The average Bonchev–Trinajstić information content (AvgIpc) is 2.27. The van der Waals surface area contributed by atoms with Gasteiger partial charge in [-0.1, -0.05) is 0 Å². The van der Waals surface area contributed by atoms with Gasteiger partial charge in [-0.15, -0.1) is 0 Å². The highest BCUT2D eigenvalue weighted by Crippen LogP contribution is 2.17. The highest BCUT2D eigenvalue weighted by Gasteiger charge is 2.14. The molecule has 1 aromatic heterocycles. The maximum Gasteiger partial charge on any atom is 0.218 e. The normalized spacial score (nSPS) is 17.6. The van der Waals surface area contributed by atoms with Crippen LogP contribution in [-0.2, 0) is 11.3 Å². The highest BCUT2D eigenvalue weighted by atomic mass is 79.9. The number of nitrogen functional groups attached to an aromatic ring is 1. The molecule has 0 saturated carbocycles. The molecule has 1 saturated heterocycles. The smallest absolute Gasteiger partial charge is 0.218 e. The van der Waals surface area contributed by atoms with Crippen LogP contribution in [0.1, 0.15) is 12.8 Å². The Morgan fingerprint density at radius 2 is 2.12 bits per heavy atom. The van der Waals surface area contributed by atoms with Gasteiger partial charge in [0.05, 0.1) is 10.2 Å². The van der Waals surface area contributed by atoms with Gasteiger partial charge in [0, 0.05) is 32.2 Å². The third kappa shape index (κ3) is 2.65. The summed E-state index contributed by atoms with van der Waals surface area (Å²) in [5.74, 6) is 0.613. The van der Waals surface area contributed by atoms with Crippen molar-refractivity contribution >= 4 is 21.6 Å². The fraction of sp³-hybridized carbons (Fsp3) is 0.545. The largest absolute Gasteiger partial charge is 0.394 e. The van der Waals surface area contributed by atoms with Crippen LogP contribution in [0.3, 0.4) is 0 Å². The third-order valence-corrected chi connectivity index (χ3v) is 3.44. The Labute approximate surface area is 103 Å². The molecule has 0 unspecified atom stereocenters. The molecule has 0 radical (unpaired) electrons. The van der Waals surface area contributed by atoms with Gasteiger partial charge >= 0.3 is 0 Å². The zero-order valence-electron chi connectivity index (χ0n) is 8.99. The zero-order chi connectivity index (χ0) is 11.5. The lowest BCUT2D eigenvalue weighted by atomic mass is 10.0. The number of hydrogen-bond donors (Lipinski definition) is 1. The van der Waals surface area contributed by atoms with E-state index in [0.29, 0.717) is 16.1 Å². The Morgan fingerprint density at radius 3 is 2.75 bits per heavy atom. The Morgan fingerprint density at radius 1 is 1.44 bits per heavy atom. The van der Waals surface area contributed by atoms with Crippen molar-refractivity contribution in [2.75, 3.05) is 18.9 Å². The summed E-state index contributed by atoms with van der Waals surface area (Å²) in [5, 5.41) is 0. The summed E-state index contributed by atoms with van der Waals surface area (Å²) < 4.78 is 7.82. The lowest BCUT2D eigenvalue weighted by Crippen LogP contribution is -2.22. The summed E-state index contributed by atoms with van der Waals surface area (Å²) in [6.07, 6.45) is 5.66. The molecule has 2 heterocycles. The van der Waals surface area contributed by atoms with Crippen LogP contribution in [0.25, 0.3) is 0 Å². The van der Waals surface area contributed by atoms with Crippen LogP contribution in [-0.4, -0.2) is 17.8 Å². The van der Waals surface area contributed by atoms with Gasteiger partial charge in [0.1, 0.15) is 0 Å². The number of anilines is 1. The predicted octanol–water partition coefficient (Wildman–Crippen LogP) is 1.62. The monoisotopic (exact) mass is 286 g/mol. The number of rotatable bonds is 2. The van der Waals surface area contributed by atoms with Gasteiger partial charge in [-0.3, -0.25) is 4.79 Å². The molecule has 88 valence electrons. The molecule has 1 fully saturated rings. The molecule has 2 rings (SSSR count). The molecule has 1 aromatic rings. The fourth-order valence-electron chi connectivity index (χ4n) is 1.95. The minimum Gasteiger partial charge on any atom is -0.394 e. The van der Waals surface area contributed by atoms with E-state index in [1.54, 1.807) is 12.4 Å². The van der Waals surface area contributed by atoms with E-state index in [1.165, 1.54) is 0 Å². The van der Waals surface area contributed by atoms with Gasteiger partial charge in [-0.25, -0.2) is 0 Å². The Hall–Kier alpha value is -0.810. The predicted molar refractivity (Wildman–Crippen MR) is 66.4 cm³/mol. The van der Waals surface area contributed by atoms with E-state index in [2.05, 4.69) is 15.9 Å². The number of nitrogens with two attached hydrogens (primary N) is 1. The minimum atomic E-state index is -0.136. The van der Waals surface area contributed by atoms with Crippen molar-refractivity contribution in [3.63, 3.8) is 0 Å². The molecular formula is C11H15BrN2O2. The summed E-state index contributed by atoms with van der Waals surface area (Å²) in [7, 11) is 0. The Kier molecular flexibility index (Phi) is 3.66. The lowest BCUT2D eigenvalue weighted by Gasteiger charge is -2.23. The maximum atomic E-state index is 11.4. The number of pyridine rings is 1. The Bertz CT molecular complexity index is 398. The molecular weight excluding hydrogens is 272 g/mol. The molecule has 1 aliphatic heterocycles.